The van der Waals surface area contributed by atoms with Crippen LogP contribution in [0.3, 0.4) is 0 Å². The smallest absolute Gasteiger partial charge is 0.348 e. The van der Waals surface area contributed by atoms with Gasteiger partial charge in [-0.05, 0) is 35.3 Å². The molecule has 1 N–H and O–H groups in total. The molecule has 0 fully saturated rings. The average molecular weight is 381 g/mol. The Bertz CT molecular complexity index is 696. The van der Waals surface area contributed by atoms with Crippen LogP contribution < -0.4 is 5.32 Å². The van der Waals surface area contributed by atoms with Gasteiger partial charge in [-0.3, -0.25) is 4.99 Å². The number of amidine groups is 1. The second-order valence-corrected chi connectivity index (χ2v) is 6.30. The summed E-state index contributed by atoms with van der Waals surface area (Å²) < 4.78 is 5.94. The minimum Gasteiger partial charge on any atom is -0.462 e. The van der Waals surface area contributed by atoms with E-state index in [2.05, 4.69) is 26.2 Å². The number of hydrogen-bond acceptors (Lipinski definition) is 4. The maximum atomic E-state index is 12.0. The molecule has 0 aliphatic carbocycles. The zero-order chi connectivity index (χ0) is 16.1. The Labute approximate surface area is 142 Å². The van der Waals surface area contributed by atoms with E-state index in [1.165, 1.54) is 11.3 Å². The molecule has 1 aromatic carbocycles. The summed E-state index contributed by atoms with van der Waals surface area (Å²) in [5, 5.41) is 4.12. The highest BCUT2D eigenvalue weighted by Gasteiger charge is 2.20. The van der Waals surface area contributed by atoms with Gasteiger partial charge in [-0.1, -0.05) is 30.3 Å². The maximum absolute atomic E-state index is 12.0. The predicted octanol–water partition coefficient (Wildman–Crippen LogP) is 4.48. The molecule has 0 aliphatic rings. The third-order valence-corrected chi connectivity index (χ3v) is 5.48. The second kappa shape index (κ2) is 7.56. The highest BCUT2D eigenvalue weighted by Crippen LogP contribution is 2.38. The van der Waals surface area contributed by atoms with Gasteiger partial charge in [0.05, 0.1) is 11.1 Å². The van der Waals surface area contributed by atoms with Crippen molar-refractivity contribution in [3.8, 4) is 0 Å². The number of rotatable bonds is 4. The first-order chi connectivity index (χ1) is 10.6. The van der Waals surface area contributed by atoms with Gasteiger partial charge < -0.3 is 10.1 Å². The van der Waals surface area contributed by atoms with Crippen LogP contribution in [0.4, 0.5) is 5.00 Å². The molecule has 2 rings (SSSR count). The quantitative estimate of drug-likeness (QED) is 0.483. The average Bonchev–Trinajstić information content (AvgIpc) is 2.82. The summed E-state index contributed by atoms with van der Waals surface area (Å²) in [6.07, 6.45) is 0. The van der Waals surface area contributed by atoms with Crippen LogP contribution in [0.2, 0.25) is 0 Å². The van der Waals surface area contributed by atoms with Gasteiger partial charge in [-0.15, -0.1) is 11.3 Å². The first-order valence-corrected chi connectivity index (χ1v) is 8.44. The van der Waals surface area contributed by atoms with E-state index in [9.17, 15) is 4.79 Å². The van der Waals surface area contributed by atoms with Crippen LogP contribution in [0.25, 0.3) is 0 Å². The predicted molar refractivity (Wildman–Crippen MR) is 95.2 cm³/mol. The molecule has 1 heterocycles. The lowest BCUT2D eigenvalue weighted by atomic mass is 10.2. The monoisotopic (exact) mass is 380 g/mol. The zero-order valence-electron chi connectivity index (χ0n) is 12.6. The number of anilines is 1. The van der Waals surface area contributed by atoms with E-state index < -0.39 is 0 Å². The Hall–Kier alpha value is -1.66. The highest BCUT2D eigenvalue weighted by molar-refractivity contribution is 9.10. The molecule has 0 unspecified atom stereocenters. The van der Waals surface area contributed by atoms with Crippen molar-refractivity contribution in [1.82, 2.24) is 0 Å². The molecule has 2 aromatic rings. The van der Waals surface area contributed by atoms with Crippen molar-refractivity contribution in [2.75, 3.05) is 19.0 Å². The Balaban J connectivity index is 2.30. The second-order valence-electron chi connectivity index (χ2n) is 4.48. The SMILES string of the molecule is CCOC(=O)c1sc(NC(=NC)c2ccccc2)c(Br)c1C. The van der Waals surface area contributed by atoms with Crippen LogP contribution in [-0.4, -0.2) is 25.5 Å². The number of carbonyl (C=O) groups excluding carboxylic acids is 1. The number of nitrogens with one attached hydrogen (secondary N) is 1. The summed E-state index contributed by atoms with van der Waals surface area (Å²) in [6.45, 7) is 4.05. The lowest BCUT2D eigenvalue weighted by molar-refractivity contribution is 0.0531. The van der Waals surface area contributed by atoms with Gasteiger partial charge in [0, 0.05) is 12.6 Å². The van der Waals surface area contributed by atoms with Crippen molar-refractivity contribution >= 4 is 44.1 Å². The topological polar surface area (TPSA) is 50.7 Å². The normalized spacial score (nSPS) is 11.4. The molecule has 4 nitrogen and oxygen atoms in total. The summed E-state index contributed by atoms with van der Waals surface area (Å²) in [5.41, 5.74) is 1.86. The minimum absolute atomic E-state index is 0.298. The number of nitrogens with zero attached hydrogens (tertiary/aromatic N) is 1. The van der Waals surface area contributed by atoms with E-state index in [4.69, 9.17) is 4.74 Å². The molecule has 0 atom stereocenters. The summed E-state index contributed by atoms with van der Waals surface area (Å²) in [6, 6.07) is 9.84. The van der Waals surface area contributed by atoms with E-state index >= 15 is 0 Å². The van der Waals surface area contributed by atoms with Crippen LogP contribution in [0, 0.1) is 6.92 Å². The number of carbonyl (C=O) groups is 1. The van der Waals surface area contributed by atoms with Gasteiger partial charge in [0.25, 0.3) is 0 Å². The van der Waals surface area contributed by atoms with Gasteiger partial charge in [0.1, 0.15) is 15.7 Å². The highest BCUT2D eigenvalue weighted by atomic mass is 79.9. The molecular formula is C16H17BrN2O2S. The molecule has 0 saturated heterocycles. The summed E-state index contributed by atoms with van der Waals surface area (Å²) in [4.78, 5) is 16.9. The van der Waals surface area contributed by atoms with Gasteiger partial charge >= 0.3 is 5.97 Å². The molecule has 1 aromatic heterocycles. The fourth-order valence-corrected chi connectivity index (χ4v) is 3.59. The minimum atomic E-state index is -0.298. The third kappa shape index (κ3) is 3.56. The number of thiophene rings is 1. The van der Waals surface area contributed by atoms with Crippen LogP contribution in [0.1, 0.15) is 27.7 Å². The Kier molecular flexibility index (Phi) is 5.74. The molecule has 22 heavy (non-hydrogen) atoms. The van der Waals surface area contributed by atoms with Crippen LogP contribution in [0.15, 0.2) is 39.8 Å². The molecule has 0 saturated carbocycles. The number of ether oxygens (including phenoxy) is 1. The molecule has 6 heteroatoms. The van der Waals surface area contributed by atoms with Crippen LogP contribution in [-0.2, 0) is 4.74 Å². The molecule has 0 bridgehead atoms. The van der Waals surface area contributed by atoms with E-state index in [-0.39, 0.29) is 5.97 Å². The molecule has 0 spiro atoms. The number of hydrogen-bond donors (Lipinski definition) is 1. The van der Waals surface area contributed by atoms with Crippen molar-refractivity contribution in [1.29, 1.82) is 0 Å². The Morgan fingerprint density at radius 1 is 1.36 bits per heavy atom. The van der Waals surface area contributed by atoms with Crippen molar-refractivity contribution in [3.05, 3.63) is 50.8 Å². The first-order valence-electron chi connectivity index (χ1n) is 6.83. The van der Waals surface area contributed by atoms with Crippen molar-refractivity contribution in [3.63, 3.8) is 0 Å². The van der Waals surface area contributed by atoms with Crippen molar-refractivity contribution in [2.24, 2.45) is 4.99 Å². The van der Waals surface area contributed by atoms with Gasteiger partial charge in [-0.25, -0.2) is 4.79 Å². The summed E-state index contributed by atoms with van der Waals surface area (Å²) in [7, 11) is 1.73. The van der Waals surface area contributed by atoms with E-state index in [1.54, 1.807) is 14.0 Å². The van der Waals surface area contributed by atoms with Crippen molar-refractivity contribution in [2.45, 2.75) is 13.8 Å². The number of esters is 1. The van der Waals surface area contributed by atoms with Gasteiger partial charge in [0.15, 0.2) is 0 Å². The fourth-order valence-electron chi connectivity index (χ4n) is 1.93. The number of benzene rings is 1. The summed E-state index contributed by atoms with van der Waals surface area (Å²) in [5.74, 6) is 0.450. The standard InChI is InChI=1S/C16H17BrN2O2S/c1-4-21-16(20)13-10(2)12(17)15(22-13)19-14(18-3)11-8-6-5-7-9-11/h5-9H,4H2,1-3H3,(H,18,19). The Morgan fingerprint density at radius 2 is 2.05 bits per heavy atom. The molecular weight excluding hydrogens is 364 g/mol. The summed E-state index contributed by atoms with van der Waals surface area (Å²) >= 11 is 4.90. The number of aliphatic imine (C=N–C) groups is 1. The molecule has 0 aliphatic heterocycles. The Morgan fingerprint density at radius 3 is 2.64 bits per heavy atom. The number of halogens is 1. The van der Waals surface area contributed by atoms with Crippen LogP contribution >= 0.6 is 27.3 Å². The van der Waals surface area contributed by atoms with E-state index in [0.29, 0.717) is 11.5 Å². The van der Waals surface area contributed by atoms with E-state index in [1.807, 2.05) is 37.3 Å². The molecule has 0 amide bonds. The maximum Gasteiger partial charge on any atom is 0.348 e. The van der Waals surface area contributed by atoms with Crippen LogP contribution in [0.5, 0.6) is 0 Å². The molecule has 116 valence electrons. The largest absolute Gasteiger partial charge is 0.462 e. The third-order valence-electron chi connectivity index (χ3n) is 3.04. The lowest BCUT2D eigenvalue weighted by Crippen LogP contribution is -2.12. The first kappa shape index (κ1) is 16.7. The van der Waals surface area contributed by atoms with Gasteiger partial charge in [0.2, 0.25) is 0 Å². The van der Waals surface area contributed by atoms with Crippen molar-refractivity contribution < 1.29 is 9.53 Å². The zero-order valence-corrected chi connectivity index (χ0v) is 15.0. The molecule has 0 radical (unpaired) electrons. The fraction of sp³-hybridized carbons (Fsp3) is 0.250. The van der Waals surface area contributed by atoms with Gasteiger partial charge in [-0.2, -0.15) is 0 Å². The van der Waals surface area contributed by atoms with E-state index in [0.717, 1.165) is 26.4 Å². The lowest BCUT2D eigenvalue weighted by Gasteiger charge is -2.08.